The van der Waals surface area contributed by atoms with E-state index in [1.165, 1.54) is 23.8 Å². The minimum atomic E-state index is -0.944. The maximum Gasteiger partial charge on any atom is 0.314 e. The van der Waals surface area contributed by atoms with Crippen molar-refractivity contribution in [1.82, 2.24) is 4.98 Å². The fourth-order valence-electron chi connectivity index (χ4n) is 2.78. The smallest absolute Gasteiger partial charge is 0.314 e. The summed E-state index contributed by atoms with van der Waals surface area (Å²) in [5.74, 6) is -2.43. The van der Waals surface area contributed by atoms with Crippen LogP contribution in [0.1, 0.15) is 5.56 Å². The molecule has 0 aliphatic rings. The van der Waals surface area contributed by atoms with Crippen LogP contribution >= 0.6 is 11.3 Å². The van der Waals surface area contributed by atoms with Crippen LogP contribution in [-0.4, -0.2) is 16.8 Å². The predicted molar refractivity (Wildman–Crippen MR) is 113 cm³/mol. The number of aromatic nitrogens is 1. The standard InChI is InChI=1S/C22H16FN3O2S/c1-13-6-11-18-19(12-13)29-22(26-18)14-7-9-15(10-8-14)24-20(27)21(28)25-17-5-3-2-4-16(17)23/h2-12H,1H3,(H,24,27)(H,25,28). The normalized spacial score (nSPS) is 10.7. The lowest BCUT2D eigenvalue weighted by Crippen LogP contribution is -2.29. The number of rotatable bonds is 3. The molecule has 0 aliphatic carbocycles. The molecule has 0 atom stereocenters. The lowest BCUT2D eigenvalue weighted by Gasteiger charge is -2.07. The van der Waals surface area contributed by atoms with Crippen molar-refractivity contribution < 1.29 is 14.0 Å². The lowest BCUT2D eigenvalue weighted by atomic mass is 10.2. The molecule has 2 N–H and O–H groups in total. The molecule has 3 aromatic carbocycles. The van der Waals surface area contributed by atoms with E-state index in [1.807, 2.05) is 31.2 Å². The van der Waals surface area contributed by atoms with Crippen LogP contribution in [0.4, 0.5) is 15.8 Å². The van der Waals surface area contributed by atoms with Gasteiger partial charge in [0.2, 0.25) is 0 Å². The van der Waals surface area contributed by atoms with Gasteiger partial charge in [-0.05, 0) is 61.0 Å². The highest BCUT2D eigenvalue weighted by Crippen LogP contribution is 2.31. The molecule has 1 heterocycles. The number of nitrogens with one attached hydrogen (secondary N) is 2. The first kappa shape index (κ1) is 18.8. The number of aryl methyl sites for hydroxylation is 1. The van der Waals surface area contributed by atoms with Crippen molar-refractivity contribution in [2.24, 2.45) is 0 Å². The average Bonchev–Trinajstić information content (AvgIpc) is 3.13. The summed E-state index contributed by atoms with van der Waals surface area (Å²) in [5, 5.41) is 5.63. The second kappa shape index (κ2) is 7.81. The van der Waals surface area contributed by atoms with E-state index in [4.69, 9.17) is 0 Å². The highest BCUT2D eigenvalue weighted by Gasteiger charge is 2.16. The van der Waals surface area contributed by atoms with Crippen LogP contribution in [0.15, 0.2) is 66.7 Å². The molecule has 29 heavy (non-hydrogen) atoms. The number of halogens is 1. The Morgan fingerprint density at radius 2 is 1.66 bits per heavy atom. The number of hydrogen-bond donors (Lipinski definition) is 2. The number of amides is 2. The van der Waals surface area contributed by atoms with Crippen molar-refractivity contribution in [2.75, 3.05) is 10.6 Å². The zero-order valence-corrected chi connectivity index (χ0v) is 16.2. The quantitative estimate of drug-likeness (QED) is 0.472. The van der Waals surface area contributed by atoms with E-state index < -0.39 is 17.6 Å². The van der Waals surface area contributed by atoms with Crippen molar-refractivity contribution in [3.63, 3.8) is 0 Å². The highest BCUT2D eigenvalue weighted by atomic mass is 32.1. The summed E-state index contributed by atoms with van der Waals surface area (Å²) < 4.78 is 14.7. The minimum Gasteiger partial charge on any atom is -0.318 e. The van der Waals surface area contributed by atoms with Crippen molar-refractivity contribution in [3.8, 4) is 10.6 Å². The Labute approximate surface area is 170 Å². The Morgan fingerprint density at radius 3 is 2.41 bits per heavy atom. The summed E-state index contributed by atoms with van der Waals surface area (Å²) in [5.41, 5.74) is 3.45. The SMILES string of the molecule is Cc1ccc2nc(-c3ccc(NC(=O)C(=O)Nc4ccccc4F)cc3)sc2c1. The van der Waals surface area contributed by atoms with E-state index in [1.54, 1.807) is 29.5 Å². The number of fused-ring (bicyclic) bond motifs is 1. The molecule has 0 saturated heterocycles. The van der Waals surface area contributed by atoms with Crippen molar-refractivity contribution in [3.05, 3.63) is 78.1 Å². The van der Waals surface area contributed by atoms with Crippen LogP contribution in [0.3, 0.4) is 0 Å². The van der Waals surface area contributed by atoms with Gasteiger partial charge in [0.15, 0.2) is 0 Å². The van der Waals surface area contributed by atoms with Crippen LogP contribution in [0.25, 0.3) is 20.8 Å². The van der Waals surface area contributed by atoms with E-state index >= 15 is 0 Å². The molecule has 0 fully saturated rings. The number of para-hydroxylation sites is 1. The Morgan fingerprint density at radius 1 is 0.931 bits per heavy atom. The second-order valence-corrected chi connectivity index (χ2v) is 7.49. The largest absolute Gasteiger partial charge is 0.318 e. The molecule has 144 valence electrons. The van der Waals surface area contributed by atoms with Gasteiger partial charge in [-0.3, -0.25) is 9.59 Å². The van der Waals surface area contributed by atoms with Gasteiger partial charge in [0.1, 0.15) is 10.8 Å². The van der Waals surface area contributed by atoms with Gasteiger partial charge >= 0.3 is 11.8 Å². The number of nitrogens with zero attached hydrogens (tertiary/aromatic N) is 1. The molecule has 0 radical (unpaired) electrons. The van der Waals surface area contributed by atoms with Gasteiger partial charge in [-0.2, -0.15) is 0 Å². The van der Waals surface area contributed by atoms with Crippen LogP contribution in [0.5, 0.6) is 0 Å². The number of benzene rings is 3. The van der Waals surface area contributed by atoms with Crippen LogP contribution in [0.2, 0.25) is 0 Å². The third kappa shape index (κ3) is 4.14. The Bertz CT molecular complexity index is 1220. The maximum atomic E-state index is 13.6. The van der Waals surface area contributed by atoms with E-state index in [2.05, 4.69) is 21.7 Å². The van der Waals surface area contributed by atoms with Crippen molar-refractivity contribution in [1.29, 1.82) is 0 Å². The molecule has 4 rings (SSSR count). The summed E-state index contributed by atoms with van der Waals surface area (Å²) in [6.07, 6.45) is 0. The minimum absolute atomic E-state index is 0.0472. The number of hydrogen-bond acceptors (Lipinski definition) is 4. The first-order valence-electron chi connectivity index (χ1n) is 8.84. The first-order chi connectivity index (χ1) is 14.0. The second-order valence-electron chi connectivity index (χ2n) is 6.46. The summed E-state index contributed by atoms with van der Waals surface area (Å²) in [4.78, 5) is 28.7. The van der Waals surface area contributed by atoms with Crippen LogP contribution in [-0.2, 0) is 9.59 Å². The molecule has 1 aromatic heterocycles. The third-order valence-corrected chi connectivity index (χ3v) is 5.33. The maximum absolute atomic E-state index is 13.6. The monoisotopic (exact) mass is 405 g/mol. The lowest BCUT2D eigenvalue weighted by molar-refractivity contribution is -0.133. The van der Waals surface area contributed by atoms with Gasteiger partial charge in [0, 0.05) is 11.3 Å². The zero-order valence-electron chi connectivity index (χ0n) is 15.4. The third-order valence-electron chi connectivity index (χ3n) is 4.26. The molecule has 5 nitrogen and oxygen atoms in total. The van der Waals surface area contributed by atoms with Gasteiger partial charge in [-0.25, -0.2) is 9.37 Å². The number of anilines is 2. The topological polar surface area (TPSA) is 71.1 Å². The molecule has 7 heteroatoms. The fraction of sp³-hybridized carbons (Fsp3) is 0.0455. The van der Waals surface area contributed by atoms with Gasteiger partial charge < -0.3 is 10.6 Å². The molecular formula is C22H16FN3O2S. The van der Waals surface area contributed by atoms with Gasteiger partial charge in [0.25, 0.3) is 0 Å². The average molecular weight is 405 g/mol. The Hall–Kier alpha value is -3.58. The number of carbonyl (C=O) groups is 2. The van der Waals surface area contributed by atoms with E-state index in [0.717, 1.165) is 20.8 Å². The molecular weight excluding hydrogens is 389 g/mol. The van der Waals surface area contributed by atoms with E-state index in [9.17, 15) is 14.0 Å². The Kier molecular flexibility index (Phi) is 5.05. The summed E-state index contributed by atoms with van der Waals surface area (Å²) in [7, 11) is 0. The molecule has 0 bridgehead atoms. The van der Waals surface area contributed by atoms with Gasteiger partial charge in [-0.15, -0.1) is 11.3 Å². The molecule has 0 aliphatic heterocycles. The van der Waals surface area contributed by atoms with Gasteiger partial charge in [0.05, 0.1) is 15.9 Å². The van der Waals surface area contributed by atoms with Crippen LogP contribution in [0, 0.1) is 12.7 Å². The molecule has 0 spiro atoms. The summed E-state index contributed by atoms with van der Waals surface area (Å²) in [6.45, 7) is 2.04. The number of carbonyl (C=O) groups excluding carboxylic acids is 2. The van der Waals surface area contributed by atoms with Crippen molar-refractivity contribution >= 4 is 44.7 Å². The number of thiazole rings is 1. The van der Waals surface area contributed by atoms with E-state index in [-0.39, 0.29) is 5.69 Å². The molecule has 2 amide bonds. The van der Waals surface area contributed by atoms with Gasteiger partial charge in [-0.1, -0.05) is 18.2 Å². The molecule has 0 unspecified atom stereocenters. The first-order valence-corrected chi connectivity index (χ1v) is 9.66. The fourth-order valence-corrected chi connectivity index (χ4v) is 3.85. The zero-order chi connectivity index (χ0) is 20.4. The molecule has 4 aromatic rings. The van der Waals surface area contributed by atoms with E-state index in [0.29, 0.717) is 5.69 Å². The Balaban J connectivity index is 1.45. The summed E-state index contributed by atoms with van der Waals surface area (Å²) in [6, 6.07) is 18.8. The molecule has 0 saturated carbocycles. The highest BCUT2D eigenvalue weighted by molar-refractivity contribution is 7.21. The predicted octanol–water partition coefficient (Wildman–Crippen LogP) is 4.99. The summed E-state index contributed by atoms with van der Waals surface area (Å²) >= 11 is 1.59. The van der Waals surface area contributed by atoms with Crippen LogP contribution < -0.4 is 10.6 Å². The van der Waals surface area contributed by atoms with Crippen molar-refractivity contribution in [2.45, 2.75) is 6.92 Å².